The monoisotopic (exact) mass is 190 g/mol. The first-order valence-electron chi connectivity index (χ1n) is 4.68. The van der Waals surface area contributed by atoms with Crippen molar-refractivity contribution in [2.24, 2.45) is 0 Å². The van der Waals surface area contributed by atoms with Crippen LogP contribution in [0.4, 0.5) is 0 Å². The zero-order chi connectivity index (χ0) is 10.1. The van der Waals surface area contributed by atoms with Gasteiger partial charge in [-0.1, -0.05) is 6.92 Å². The van der Waals surface area contributed by atoms with Crippen LogP contribution in [0, 0.1) is 0 Å². The van der Waals surface area contributed by atoms with E-state index in [9.17, 15) is 4.79 Å². The number of rotatable bonds is 1. The van der Waals surface area contributed by atoms with E-state index in [1.54, 1.807) is 6.92 Å². The molecule has 1 heterocycles. The maximum absolute atomic E-state index is 10.5. The molecule has 0 spiro atoms. The Morgan fingerprint density at radius 2 is 2.00 bits per heavy atom. The van der Waals surface area contributed by atoms with E-state index in [0.29, 0.717) is 19.4 Å². The van der Waals surface area contributed by atoms with E-state index in [-0.39, 0.29) is 5.97 Å². The van der Waals surface area contributed by atoms with Gasteiger partial charge in [-0.05, 0) is 25.7 Å². The third kappa shape index (κ3) is 9.30. The first kappa shape index (κ1) is 12.4. The van der Waals surface area contributed by atoms with Crippen LogP contribution in [0.2, 0.25) is 0 Å². The average Bonchev–Trinajstić information content (AvgIpc) is 2.33. The number of aliphatic hydroxyl groups is 2. The second-order valence-corrected chi connectivity index (χ2v) is 2.92. The van der Waals surface area contributed by atoms with Gasteiger partial charge in [-0.15, -0.1) is 0 Å². The molecule has 0 aromatic carbocycles. The van der Waals surface area contributed by atoms with E-state index in [1.165, 1.54) is 0 Å². The van der Waals surface area contributed by atoms with E-state index in [1.807, 2.05) is 0 Å². The number of hydrogen-bond acceptors (Lipinski definition) is 4. The fourth-order valence-electron chi connectivity index (χ4n) is 0.806. The van der Waals surface area contributed by atoms with Crippen LogP contribution in [0.1, 0.15) is 39.0 Å². The van der Waals surface area contributed by atoms with Gasteiger partial charge in [0.25, 0.3) is 0 Å². The summed E-state index contributed by atoms with van der Waals surface area (Å²) in [4.78, 5) is 10.5. The van der Waals surface area contributed by atoms with Crippen molar-refractivity contribution >= 4 is 5.97 Å². The predicted octanol–water partition coefficient (Wildman–Crippen LogP) is 0.811. The summed E-state index contributed by atoms with van der Waals surface area (Å²) in [6, 6.07) is 0. The van der Waals surface area contributed by atoms with Crippen molar-refractivity contribution in [3.63, 3.8) is 0 Å². The third-order valence-corrected chi connectivity index (χ3v) is 1.65. The summed E-state index contributed by atoms with van der Waals surface area (Å²) in [7, 11) is 0. The van der Waals surface area contributed by atoms with Gasteiger partial charge in [0.1, 0.15) is 0 Å². The highest BCUT2D eigenvalue weighted by atomic mass is 16.5. The van der Waals surface area contributed by atoms with Gasteiger partial charge in [-0.2, -0.15) is 0 Å². The van der Waals surface area contributed by atoms with Gasteiger partial charge in [0.05, 0.1) is 6.61 Å². The molecule has 4 heteroatoms. The normalized spacial score (nSPS) is 17.1. The van der Waals surface area contributed by atoms with E-state index in [2.05, 4.69) is 0 Å². The molecule has 1 aliphatic rings. The lowest BCUT2D eigenvalue weighted by atomic mass is 10.2. The SMILES string of the molecule is CCC(O)O.O=C1CCCCCO1. The van der Waals surface area contributed by atoms with Crippen LogP contribution in [0.15, 0.2) is 0 Å². The highest BCUT2D eigenvalue weighted by Gasteiger charge is 2.05. The Morgan fingerprint density at radius 1 is 1.38 bits per heavy atom. The van der Waals surface area contributed by atoms with E-state index >= 15 is 0 Å². The largest absolute Gasteiger partial charge is 0.466 e. The summed E-state index contributed by atoms with van der Waals surface area (Å²) in [5, 5.41) is 15.8. The van der Waals surface area contributed by atoms with Crippen molar-refractivity contribution in [3.8, 4) is 0 Å². The quantitative estimate of drug-likeness (QED) is 0.474. The zero-order valence-corrected chi connectivity index (χ0v) is 8.03. The van der Waals surface area contributed by atoms with Crippen molar-refractivity contribution in [2.75, 3.05) is 6.61 Å². The zero-order valence-electron chi connectivity index (χ0n) is 8.03. The molecule has 0 saturated carbocycles. The fourth-order valence-corrected chi connectivity index (χ4v) is 0.806. The van der Waals surface area contributed by atoms with Gasteiger partial charge < -0.3 is 14.9 Å². The number of hydrogen-bond donors (Lipinski definition) is 2. The second-order valence-electron chi connectivity index (χ2n) is 2.92. The van der Waals surface area contributed by atoms with E-state index in [4.69, 9.17) is 14.9 Å². The van der Waals surface area contributed by atoms with Crippen LogP contribution in [0.3, 0.4) is 0 Å². The number of carbonyl (C=O) groups is 1. The Kier molecular flexibility index (Phi) is 7.63. The van der Waals surface area contributed by atoms with Gasteiger partial charge in [0.15, 0.2) is 6.29 Å². The smallest absolute Gasteiger partial charge is 0.305 e. The summed E-state index contributed by atoms with van der Waals surface area (Å²) in [6.45, 7) is 2.34. The minimum absolute atomic E-state index is 0.0255. The van der Waals surface area contributed by atoms with E-state index in [0.717, 1.165) is 19.3 Å². The van der Waals surface area contributed by atoms with Crippen LogP contribution in [-0.4, -0.2) is 29.1 Å². The molecule has 1 fully saturated rings. The van der Waals surface area contributed by atoms with Crippen molar-refractivity contribution in [3.05, 3.63) is 0 Å². The van der Waals surface area contributed by atoms with Gasteiger partial charge >= 0.3 is 5.97 Å². The minimum atomic E-state index is -1.12. The van der Waals surface area contributed by atoms with Gasteiger partial charge in [-0.25, -0.2) is 0 Å². The van der Waals surface area contributed by atoms with Crippen molar-refractivity contribution in [2.45, 2.75) is 45.3 Å². The lowest BCUT2D eigenvalue weighted by molar-refractivity contribution is -0.142. The van der Waals surface area contributed by atoms with Crippen LogP contribution in [0.25, 0.3) is 0 Å². The maximum Gasteiger partial charge on any atom is 0.305 e. The lowest BCUT2D eigenvalue weighted by Gasteiger charge is -1.93. The number of ether oxygens (including phenoxy) is 1. The first-order valence-corrected chi connectivity index (χ1v) is 4.68. The summed E-state index contributed by atoms with van der Waals surface area (Å²) < 4.78 is 4.76. The maximum atomic E-state index is 10.5. The van der Waals surface area contributed by atoms with Gasteiger partial charge in [0, 0.05) is 6.42 Å². The summed E-state index contributed by atoms with van der Waals surface area (Å²) in [5.74, 6) is -0.0255. The average molecular weight is 190 g/mol. The van der Waals surface area contributed by atoms with E-state index < -0.39 is 6.29 Å². The van der Waals surface area contributed by atoms with Crippen LogP contribution in [0.5, 0.6) is 0 Å². The number of cyclic esters (lactones) is 1. The molecular weight excluding hydrogens is 172 g/mol. The Hall–Kier alpha value is -0.610. The Labute approximate surface area is 78.5 Å². The molecule has 1 aliphatic heterocycles. The molecule has 0 aliphatic carbocycles. The van der Waals surface area contributed by atoms with Crippen LogP contribution in [-0.2, 0) is 9.53 Å². The molecule has 1 rings (SSSR count). The minimum Gasteiger partial charge on any atom is -0.466 e. The molecule has 2 N–H and O–H groups in total. The molecule has 0 amide bonds. The van der Waals surface area contributed by atoms with Crippen molar-refractivity contribution in [1.29, 1.82) is 0 Å². The molecule has 0 aromatic heterocycles. The Morgan fingerprint density at radius 3 is 2.54 bits per heavy atom. The van der Waals surface area contributed by atoms with Gasteiger partial charge in [0.2, 0.25) is 0 Å². The first-order chi connectivity index (χ1) is 6.16. The molecule has 4 nitrogen and oxygen atoms in total. The second kappa shape index (κ2) is 8.01. The molecular formula is C9H18O4. The lowest BCUT2D eigenvalue weighted by Crippen LogP contribution is -2.00. The number of esters is 1. The van der Waals surface area contributed by atoms with Crippen molar-refractivity contribution in [1.82, 2.24) is 0 Å². The molecule has 1 saturated heterocycles. The van der Waals surface area contributed by atoms with Crippen molar-refractivity contribution < 1.29 is 19.7 Å². The molecule has 78 valence electrons. The molecule has 0 unspecified atom stereocenters. The molecule has 0 aromatic rings. The Bertz CT molecular complexity index is 124. The molecule has 13 heavy (non-hydrogen) atoms. The molecule has 0 radical (unpaired) electrons. The van der Waals surface area contributed by atoms with Crippen LogP contribution >= 0.6 is 0 Å². The highest BCUT2D eigenvalue weighted by Crippen LogP contribution is 2.06. The summed E-state index contributed by atoms with van der Waals surface area (Å²) in [5.41, 5.74) is 0. The Balaban J connectivity index is 0.000000252. The highest BCUT2D eigenvalue weighted by molar-refractivity contribution is 5.69. The summed E-state index contributed by atoms with van der Waals surface area (Å²) >= 11 is 0. The number of carbonyl (C=O) groups excluding carboxylic acids is 1. The number of aliphatic hydroxyl groups excluding tert-OH is 1. The molecule has 0 bridgehead atoms. The van der Waals surface area contributed by atoms with Gasteiger partial charge in [-0.3, -0.25) is 4.79 Å². The molecule has 0 atom stereocenters. The standard InChI is InChI=1S/C6H10O2.C3H8O2/c7-6-4-2-1-3-5-8-6;1-2-3(4)5/h1-5H2;3-5H,2H2,1H3. The fraction of sp³-hybridized carbons (Fsp3) is 0.889. The van der Waals surface area contributed by atoms with Crippen LogP contribution < -0.4 is 0 Å². The topological polar surface area (TPSA) is 66.8 Å². The third-order valence-electron chi connectivity index (χ3n) is 1.65. The summed E-state index contributed by atoms with van der Waals surface area (Å²) in [6.07, 6.45) is 3.13. The predicted molar refractivity (Wildman–Crippen MR) is 47.9 cm³/mol.